The Morgan fingerprint density at radius 1 is 0.618 bits per heavy atom. The highest BCUT2D eigenvalue weighted by molar-refractivity contribution is 6.39. The molecule has 2 aromatic carbocycles. The van der Waals surface area contributed by atoms with Gasteiger partial charge in [-0.3, -0.25) is 28.8 Å². The van der Waals surface area contributed by atoms with E-state index in [1.165, 1.54) is 0 Å². The normalized spacial score (nSPS) is 14.6. The molecule has 0 aromatic heterocycles. The first-order valence-corrected chi connectivity index (χ1v) is 18.2. The van der Waals surface area contributed by atoms with Crippen molar-refractivity contribution in [3.63, 3.8) is 0 Å². The molecule has 16 nitrogen and oxygen atoms in total. The fraction of sp³-hybridized carbons (Fsp3) is 0.513. The number of carboxylic acids is 1. The van der Waals surface area contributed by atoms with Crippen LogP contribution in [0.2, 0.25) is 0 Å². The molecule has 55 heavy (non-hydrogen) atoms. The quantitative estimate of drug-likeness (QED) is 0.0870. The first-order chi connectivity index (χ1) is 25.6. The maximum absolute atomic E-state index is 14.0. The van der Waals surface area contributed by atoms with Crippen LogP contribution >= 0.6 is 0 Å². The third-order valence-corrected chi connectivity index (χ3v) is 8.77. The molecule has 2 rings (SSSR count). The van der Waals surface area contributed by atoms with Crippen LogP contribution in [0, 0.1) is 23.7 Å². The number of ketones is 1. The van der Waals surface area contributed by atoms with Gasteiger partial charge in [-0.1, -0.05) is 85.7 Å². The van der Waals surface area contributed by atoms with Crippen molar-refractivity contribution in [3.8, 4) is 11.5 Å². The Kier molecular flexibility index (Phi) is 17.3. The molecule has 0 heterocycles. The minimum absolute atomic E-state index is 0.0105. The van der Waals surface area contributed by atoms with E-state index in [9.17, 15) is 48.9 Å². The molecule has 0 radical (unpaired) electrons. The van der Waals surface area contributed by atoms with Crippen LogP contribution in [0.25, 0.3) is 0 Å². The van der Waals surface area contributed by atoms with Crippen LogP contribution in [0.3, 0.4) is 0 Å². The Hall–Kier alpha value is -5.51. The average molecular weight is 769 g/mol. The summed E-state index contributed by atoms with van der Waals surface area (Å²) in [6.07, 6.45) is -0.105. The zero-order chi connectivity index (χ0) is 41.7. The highest BCUT2D eigenvalue weighted by atomic mass is 16.4. The van der Waals surface area contributed by atoms with E-state index in [2.05, 4.69) is 26.6 Å². The van der Waals surface area contributed by atoms with E-state index in [1.54, 1.807) is 85.7 Å². The molecule has 0 spiro atoms. The summed E-state index contributed by atoms with van der Waals surface area (Å²) in [5, 5.41) is 42.4. The van der Waals surface area contributed by atoms with Crippen LogP contribution in [-0.4, -0.2) is 86.8 Å². The number of hydrogen-bond donors (Lipinski definition) is 9. The van der Waals surface area contributed by atoms with Gasteiger partial charge in [-0.15, -0.1) is 0 Å². The van der Waals surface area contributed by atoms with Gasteiger partial charge in [-0.2, -0.15) is 0 Å². The Balaban J connectivity index is 2.45. The van der Waals surface area contributed by atoms with Crippen molar-refractivity contribution < 1.29 is 48.9 Å². The lowest BCUT2D eigenvalue weighted by Crippen LogP contribution is -2.59. The lowest BCUT2D eigenvalue weighted by molar-refractivity contribution is -0.144. The number of benzene rings is 2. The minimum atomic E-state index is -1.53. The van der Waals surface area contributed by atoms with E-state index in [1.807, 2.05) is 0 Å². The van der Waals surface area contributed by atoms with Crippen LogP contribution in [0.1, 0.15) is 79.0 Å². The number of carboxylic acid groups (broad SMARTS) is 1. The van der Waals surface area contributed by atoms with Crippen LogP contribution < -0.4 is 32.3 Å². The summed E-state index contributed by atoms with van der Waals surface area (Å²) in [6, 6.07) is 3.94. The number of rotatable bonds is 20. The molecule has 0 saturated heterocycles. The summed E-state index contributed by atoms with van der Waals surface area (Å²) in [4.78, 5) is 93.1. The molecular weight excluding hydrogens is 712 g/mol. The topological polar surface area (TPSA) is 266 Å². The average Bonchev–Trinajstić information content (AvgIpc) is 3.09. The Labute approximate surface area is 321 Å². The molecule has 0 aliphatic heterocycles. The van der Waals surface area contributed by atoms with Crippen molar-refractivity contribution in [2.24, 2.45) is 29.4 Å². The second kappa shape index (κ2) is 20.8. The molecule has 10 N–H and O–H groups in total. The number of phenols is 2. The van der Waals surface area contributed by atoms with Crippen molar-refractivity contribution in [2.45, 2.75) is 104 Å². The number of aliphatic carboxylic acids is 1. The fourth-order valence-electron chi connectivity index (χ4n) is 5.58. The maximum Gasteiger partial charge on any atom is 0.326 e. The highest BCUT2D eigenvalue weighted by Crippen LogP contribution is 2.26. The zero-order valence-electron chi connectivity index (χ0n) is 32.6. The summed E-state index contributed by atoms with van der Waals surface area (Å²) < 4.78 is 0. The molecule has 0 aliphatic carbocycles. The molecule has 302 valence electrons. The van der Waals surface area contributed by atoms with E-state index in [4.69, 9.17) is 5.73 Å². The predicted octanol–water partition coefficient (Wildman–Crippen LogP) is 1.43. The monoisotopic (exact) mass is 768 g/mol. The van der Waals surface area contributed by atoms with Crippen molar-refractivity contribution in [1.29, 1.82) is 0 Å². The highest BCUT2D eigenvalue weighted by Gasteiger charge is 2.36. The number of nitrogens with one attached hydrogen (secondary N) is 5. The summed E-state index contributed by atoms with van der Waals surface area (Å²) in [5.74, 6) is -9.19. The number of phenolic OH excluding ortho intramolecular Hbond substituents is 2. The standard InChI is InChI=1S/C39H56N6O10/c1-19(2)14-28(42-37(52)32(45-35(50)29(40)20(3)4)24-16-25(46)18-26(47)17-24)34(49)41-27(15-23-12-10-9-11-13-23)33(48)38(53)43-30(21(5)6)36(51)44-31(22(7)8)39(54)55/h9-13,16-22,27-32,46-47H,14-15,40H2,1-8H3,(H,41,49)(H,42,52)(H,43,53)(H,44,51)(H,45,50)(H,54,55)/t27-,28-,29-,30-,31-,32?/m0/s1. The van der Waals surface area contributed by atoms with Gasteiger partial charge in [0.05, 0.1) is 6.04 Å². The van der Waals surface area contributed by atoms with Gasteiger partial charge in [0, 0.05) is 12.5 Å². The molecule has 6 atom stereocenters. The third-order valence-electron chi connectivity index (χ3n) is 8.77. The van der Waals surface area contributed by atoms with Gasteiger partial charge in [0.2, 0.25) is 29.4 Å². The maximum atomic E-state index is 14.0. The number of nitrogens with two attached hydrogens (primary N) is 1. The molecule has 0 saturated carbocycles. The van der Waals surface area contributed by atoms with E-state index in [0.717, 1.165) is 18.2 Å². The number of aromatic hydroxyl groups is 2. The molecule has 0 fully saturated rings. The number of Topliss-reactive ketones (excluding diaryl/α,β-unsaturated/α-hetero) is 1. The molecule has 0 bridgehead atoms. The lowest BCUT2D eigenvalue weighted by atomic mass is 9.97. The van der Waals surface area contributed by atoms with Crippen LogP contribution in [-0.2, 0) is 40.0 Å². The number of amides is 5. The molecule has 16 heteroatoms. The summed E-state index contributed by atoms with van der Waals surface area (Å²) >= 11 is 0. The van der Waals surface area contributed by atoms with Gasteiger partial charge in [0.1, 0.15) is 41.7 Å². The van der Waals surface area contributed by atoms with Gasteiger partial charge >= 0.3 is 5.97 Å². The smallest absolute Gasteiger partial charge is 0.326 e. The molecule has 2 aromatic rings. The van der Waals surface area contributed by atoms with Gasteiger partial charge < -0.3 is 47.6 Å². The predicted molar refractivity (Wildman–Crippen MR) is 203 cm³/mol. The number of carbonyl (C=O) groups is 7. The molecule has 0 aliphatic rings. The largest absolute Gasteiger partial charge is 0.508 e. The van der Waals surface area contributed by atoms with Crippen LogP contribution in [0.15, 0.2) is 48.5 Å². The van der Waals surface area contributed by atoms with Crippen molar-refractivity contribution >= 4 is 41.3 Å². The Morgan fingerprint density at radius 3 is 1.65 bits per heavy atom. The SMILES string of the molecule is CC(C)C[C@H](NC(=O)C(NC(=O)[C@@H](N)C(C)C)c1cc(O)cc(O)c1)C(=O)N[C@@H](Cc1ccccc1)C(=O)C(=O)N[C@H](C(=O)N[C@H](C(=O)O)C(C)C)C(C)C. The number of carbonyl (C=O) groups excluding carboxylic acids is 6. The summed E-state index contributed by atoms with van der Waals surface area (Å²) in [6.45, 7) is 13.4. The Bertz CT molecular complexity index is 1660. The van der Waals surface area contributed by atoms with Crippen molar-refractivity contribution in [3.05, 3.63) is 59.7 Å². The molecule has 5 amide bonds. The molecular formula is C39H56N6O10. The van der Waals surface area contributed by atoms with Crippen LogP contribution in [0.5, 0.6) is 11.5 Å². The lowest BCUT2D eigenvalue weighted by Gasteiger charge is -2.28. The summed E-state index contributed by atoms with van der Waals surface area (Å²) in [7, 11) is 0. The minimum Gasteiger partial charge on any atom is -0.508 e. The number of hydrogen-bond acceptors (Lipinski definition) is 10. The van der Waals surface area contributed by atoms with Crippen molar-refractivity contribution in [2.75, 3.05) is 0 Å². The third kappa shape index (κ3) is 14.0. The van der Waals surface area contributed by atoms with Gasteiger partial charge in [0.15, 0.2) is 0 Å². The molecule has 1 unspecified atom stereocenters. The van der Waals surface area contributed by atoms with Gasteiger partial charge in [0.25, 0.3) is 5.91 Å². The zero-order valence-corrected chi connectivity index (χ0v) is 32.6. The van der Waals surface area contributed by atoms with Crippen LogP contribution in [0.4, 0.5) is 0 Å². The van der Waals surface area contributed by atoms with E-state index in [-0.39, 0.29) is 30.2 Å². The second-order valence-corrected chi connectivity index (χ2v) is 15.1. The fourth-order valence-corrected chi connectivity index (χ4v) is 5.58. The first-order valence-electron chi connectivity index (χ1n) is 18.2. The van der Waals surface area contributed by atoms with E-state index < -0.39 is 101 Å². The van der Waals surface area contributed by atoms with E-state index in [0.29, 0.717) is 5.56 Å². The van der Waals surface area contributed by atoms with E-state index >= 15 is 0 Å². The summed E-state index contributed by atoms with van der Waals surface area (Å²) in [5.41, 5.74) is 6.59. The van der Waals surface area contributed by atoms with Crippen molar-refractivity contribution in [1.82, 2.24) is 26.6 Å². The Morgan fingerprint density at radius 2 is 1.16 bits per heavy atom. The second-order valence-electron chi connectivity index (χ2n) is 15.1. The first kappa shape index (κ1) is 45.6. The van der Waals surface area contributed by atoms with Gasteiger partial charge in [-0.05, 0) is 53.4 Å². The van der Waals surface area contributed by atoms with Gasteiger partial charge in [-0.25, -0.2) is 4.79 Å².